The standard InChI is InChI=1S/C28H29N3O8S2/c1-16(2)25(28(33)34)31(40(35)36)21-14-10-19(11-15-21)18-8-12-20(13-9-18)29-27(32)26-17(3)24-22(30-41(4,37)38)6-5-7-23(24)39-26/h5-16,25,30H,1-4H3,(H,29,32)(H,33,34)(H,35,36)/p-1. The lowest BCUT2D eigenvalue weighted by atomic mass is 10.0. The van der Waals surface area contributed by atoms with Gasteiger partial charge in [-0.1, -0.05) is 44.2 Å². The number of aryl methyl sites for hydroxylation is 1. The first-order chi connectivity index (χ1) is 19.3. The van der Waals surface area contributed by atoms with Crippen LogP contribution >= 0.6 is 0 Å². The molecule has 4 rings (SSSR count). The summed E-state index contributed by atoms with van der Waals surface area (Å²) < 4.78 is 56.3. The molecule has 0 fully saturated rings. The summed E-state index contributed by atoms with van der Waals surface area (Å²) in [6.07, 6.45) is 1.04. The lowest BCUT2D eigenvalue weighted by Crippen LogP contribution is -2.45. The van der Waals surface area contributed by atoms with Gasteiger partial charge in [0.05, 0.1) is 11.9 Å². The van der Waals surface area contributed by atoms with Gasteiger partial charge in [0.2, 0.25) is 10.0 Å². The van der Waals surface area contributed by atoms with Crippen LogP contribution in [0.2, 0.25) is 0 Å². The molecule has 41 heavy (non-hydrogen) atoms. The molecule has 0 saturated carbocycles. The highest BCUT2D eigenvalue weighted by atomic mass is 32.2. The number of hydrogen-bond acceptors (Lipinski definition) is 7. The summed E-state index contributed by atoms with van der Waals surface area (Å²) in [5, 5.41) is 12.8. The molecule has 3 aromatic carbocycles. The number of nitrogens with one attached hydrogen (secondary N) is 2. The van der Waals surface area contributed by atoms with E-state index in [1.54, 1.807) is 75.4 Å². The molecule has 2 atom stereocenters. The van der Waals surface area contributed by atoms with Crippen LogP contribution in [0.1, 0.15) is 30.0 Å². The first kappa shape index (κ1) is 29.8. The van der Waals surface area contributed by atoms with E-state index in [9.17, 15) is 31.9 Å². The molecular weight excluding hydrogens is 570 g/mol. The monoisotopic (exact) mass is 598 g/mol. The number of furan rings is 1. The zero-order valence-electron chi connectivity index (χ0n) is 22.6. The van der Waals surface area contributed by atoms with E-state index in [0.717, 1.165) is 21.7 Å². The van der Waals surface area contributed by atoms with E-state index in [-0.39, 0.29) is 11.4 Å². The Kier molecular flexibility index (Phi) is 8.52. The van der Waals surface area contributed by atoms with Gasteiger partial charge in [-0.05, 0) is 60.4 Å². The second-order valence-electron chi connectivity index (χ2n) is 9.76. The van der Waals surface area contributed by atoms with E-state index < -0.39 is 45.1 Å². The van der Waals surface area contributed by atoms with Crippen molar-refractivity contribution >= 4 is 61.2 Å². The Hall–Kier alpha value is -4.20. The van der Waals surface area contributed by atoms with E-state index in [1.807, 2.05) is 0 Å². The Morgan fingerprint density at radius 3 is 2.10 bits per heavy atom. The van der Waals surface area contributed by atoms with Crippen molar-refractivity contribution in [1.29, 1.82) is 0 Å². The Morgan fingerprint density at radius 1 is 1.00 bits per heavy atom. The molecule has 0 aliphatic rings. The van der Waals surface area contributed by atoms with Gasteiger partial charge in [0.25, 0.3) is 5.91 Å². The average molecular weight is 599 g/mol. The highest BCUT2D eigenvalue weighted by Gasteiger charge is 2.30. The van der Waals surface area contributed by atoms with E-state index >= 15 is 0 Å². The molecule has 0 saturated heterocycles. The molecule has 2 unspecified atom stereocenters. The molecule has 216 valence electrons. The molecule has 13 heteroatoms. The predicted molar refractivity (Wildman–Crippen MR) is 157 cm³/mol. The van der Waals surface area contributed by atoms with Crippen LogP contribution in [0.5, 0.6) is 0 Å². The van der Waals surface area contributed by atoms with Crippen LogP contribution < -0.4 is 14.3 Å². The van der Waals surface area contributed by atoms with Crippen molar-refractivity contribution in [3.63, 3.8) is 0 Å². The number of carbonyl (C=O) groups is 2. The molecule has 0 radical (unpaired) electrons. The van der Waals surface area contributed by atoms with Crippen LogP contribution in [0.15, 0.2) is 71.1 Å². The number of aliphatic carboxylic acids is 1. The molecule has 1 amide bonds. The van der Waals surface area contributed by atoms with Crippen molar-refractivity contribution in [2.75, 3.05) is 20.6 Å². The minimum Gasteiger partial charge on any atom is -0.755 e. The van der Waals surface area contributed by atoms with Crippen LogP contribution in [0.3, 0.4) is 0 Å². The minimum absolute atomic E-state index is 0.0452. The molecule has 11 nitrogen and oxygen atoms in total. The van der Waals surface area contributed by atoms with E-state index in [2.05, 4.69) is 10.0 Å². The van der Waals surface area contributed by atoms with Gasteiger partial charge < -0.3 is 19.4 Å². The highest BCUT2D eigenvalue weighted by Crippen LogP contribution is 2.33. The Balaban J connectivity index is 1.53. The normalized spacial score (nSPS) is 13.1. The second kappa shape index (κ2) is 11.7. The number of hydrogen-bond donors (Lipinski definition) is 3. The summed E-state index contributed by atoms with van der Waals surface area (Å²) in [5.74, 6) is -2.16. The molecule has 1 aromatic heterocycles. The van der Waals surface area contributed by atoms with Gasteiger partial charge in [0.1, 0.15) is 11.6 Å². The van der Waals surface area contributed by atoms with Crippen molar-refractivity contribution in [3.8, 4) is 11.1 Å². The summed E-state index contributed by atoms with van der Waals surface area (Å²) in [7, 11) is -3.54. The van der Waals surface area contributed by atoms with Gasteiger partial charge in [-0.2, -0.15) is 0 Å². The average Bonchev–Trinajstić information content (AvgIpc) is 3.23. The van der Waals surface area contributed by atoms with Crippen molar-refractivity contribution in [1.82, 2.24) is 0 Å². The summed E-state index contributed by atoms with van der Waals surface area (Å²) >= 11 is -2.79. The van der Waals surface area contributed by atoms with Crippen LogP contribution in [0, 0.1) is 12.8 Å². The number of carboxylic acids is 1. The maximum absolute atomic E-state index is 13.0. The van der Waals surface area contributed by atoms with Crippen molar-refractivity contribution in [3.05, 3.63) is 78.1 Å². The van der Waals surface area contributed by atoms with Crippen LogP contribution in [-0.2, 0) is 26.1 Å². The Bertz CT molecular complexity index is 1730. The molecule has 1 heterocycles. The molecule has 4 aromatic rings. The number of benzene rings is 3. The molecule has 0 aliphatic heterocycles. The fourth-order valence-electron chi connectivity index (χ4n) is 4.53. The zero-order valence-corrected chi connectivity index (χ0v) is 24.2. The summed E-state index contributed by atoms with van der Waals surface area (Å²) in [6, 6.07) is 17.0. The SMILES string of the molecule is Cc1c(C(=O)Nc2ccc(-c3ccc(N(C(C(=O)O)C(C)C)S(=O)[O-])cc3)cc2)oc2cccc(NS(C)(=O)=O)c12. The fraction of sp³-hybridized carbons (Fsp3) is 0.214. The van der Waals surface area contributed by atoms with Crippen LogP contribution in [0.4, 0.5) is 17.1 Å². The zero-order chi connectivity index (χ0) is 30.1. The van der Waals surface area contributed by atoms with Gasteiger partial charge in [-0.3, -0.25) is 18.0 Å². The lowest BCUT2D eigenvalue weighted by molar-refractivity contribution is -0.139. The summed E-state index contributed by atoms with van der Waals surface area (Å²) in [4.78, 5) is 24.7. The largest absolute Gasteiger partial charge is 0.755 e. The number of anilines is 3. The van der Waals surface area contributed by atoms with Gasteiger partial charge in [0.15, 0.2) is 5.76 Å². The maximum Gasteiger partial charge on any atom is 0.327 e. The predicted octanol–water partition coefficient (Wildman–Crippen LogP) is 4.74. The van der Waals surface area contributed by atoms with E-state index in [0.29, 0.717) is 27.9 Å². The molecule has 3 N–H and O–H groups in total. The van der Waals surface area contributed by atoms with Gasteiger partial charge in [-0.25, -0.2) is 13.2 Å². The number of carboxylic acid groups (broad SMARTS) is 1. The summed E-state index contributed by atoms with van der Waals surface area (Å²) in [5.41, 5.74) is 3.40. The first-order valence-electron chi connectivity index (χ1n) is 12.4. The highest BCUT2D eigenvalue weighted by molar-refractivity contribution is 7.92. The van der Waals surface area contributed by atoms with Crippen LogP contribution in [0.25, 0.3) is 22.1 Å². The Morgan fingerprint density at radius 2 is 1.59 bits per heavy atom. The van der Waals surface area contributed by atoms with Crippen molar-refractivity contribution in [2.24, 2.45) is 5.92 Å². The van der Waals surface area contributed by atoms with Crippen molar-refractivity contribution < 1.29 is 36.3 Å². The topological polar surface area (TPSA) is 169 Å². The number of rotatable bonds is 10. The quantitative estimate of drug-likeness (QED) is 0.220. The van der Waals surface area contributed by atoms with Crippen LogP contribution in [-0.4, -0.2) is 46.5 Å². The van der Waals surface area contributed by atoms with Gasteiger partial charge >= 0.3 is 5.97 Å². The molecular formula is C28H28N3O8S2-. The first-order valence-corrected chi connectivity index (χ1v) is 15.3. The number of nitrogens with zero attached hydrogens (tertiary/aromatic N) is 1. The molecule has 0 aliphatic carbocycles. The van der Waals surface area contributed by atoms with Gasteiger partial charge in [0, 0.05) is 33.6 Å². The van der Waals surface area contributed by atoms with Gasteiger partial charge in [-0.15, -0.1) is 0 Å². The molecule has 0 bridgehead atoms. The smallest absolute Gasteiger partial charge is 0.327 e. The van der Waals surface area contributed by atoms with E-state index in [1.165, 1.54) is 12.1 Å². The fourth-order valence-corrected chi connectivity index (χ4v) is 5.92. The third-order valence-corrected chi connectivity index (χ3v) is 7.70. The number of fused-ring (bicyclic) bond motifs is 1. The van der Waals surface area contributed by atoms with Crippen molar-refractivity contribution in [2.45, 2.75) is 26.8 Å². The lowest BCUT2D eigenvalue weighted by Gasteiger charge is -2.34. The van der Waals surface area contributed by atoms with E-state index in [4.69, 9.17) is 4.42 Å². The summed E-state index contributed by atoms with van der Waals surface area (Å²) in [6.45, 7) is 4.94. The second-order valence-corrected chi connectivity index (χ2v) is 12.3. The maximum atomic E-state index is 13.0. The third kappa shape index (κ3) is 6.59. The third-order valence-electron chi connectivity index (χ3n) is 6.35. The Labute approximate surface area is 239 Å². The number of sulfonamides is 1. The molecule has 0 spiro atoms. The minimum atomic E-state index is -3.54. The number of amides is 1. The number of carbonyl (C=O) groups excluding carboxylic acids is 1.